The van der Waals surface area contributed by atoms with Crippen molar-refractivity contribution in [2.45, 2.75) is 0 Å². The Kier molecular flexibility index (Phi) is 110. The van der Waals surface area contributed by atoms with Gasteiger partial charge >= 0.3 is 67.3 Å². The van der Waals surface area contributed by atoms with Gasteiger partial charge in [0.05, 0.1) is 0 Å². The van der Waals surface area contributed by atoms with E-state index >= 15 is 0 Å². The molecule has 0 aromatic carbocycles. The summed E-state index contributed by atoms with van der Waals surface area (Å²) in [5, 5.41) is 0. The van der Waals surface area contributed by atoms with Crippen LogP contribution in [0.15, 0.2) is 0 Å². The van der Waals surface area contributed by atoms with E-state index < -0.39 is 0 Å². The van der Waals surface area contributed by atoms with Gasteiger partial charge in [0, 0.05) is 0 Å². The molecule has 0 bridgehead atoms. The molecule has 0 spiro atoms. The van der Waals surface area contributed by atoms with Crippen molar-refractivity contribution in [3.63, 3.8) is 0 Å². The summed E-state index contributed by atoms with van der Waals surface area (Å²) in [6.07, 6.45) is 0. The van der Waals surface area contributed by atoms with E-state index in [4.69, 9.17) is 0 Å². The average Bonchev–Trinajstić information content (AvgIpc) is 0. The number of rotatable bonds is 0. The van der Waals surface area contributed by atoms with Crippen LogP contribution in [-0.4, -0.2) is 67.3 Å². The maximum atomic E-state index is 0. The molecule has 0 fully saturated rings. The van der Waals surface area contributed by atoms with Gasteiger partial charge in [-0.15, -0.1) is 34.0 Å². The van der Waals surface area contributed by atoms with Gasteiger partial charge in [-0.05, 0) is 0 Å². The summed E-state index contributed by atoms with van der Waals surface area (Å²) in [6, 6.07) is 0. The summed E-state index contributed by atoms with van der Waals surface area (Å²) in [7, 11) is 0. The van der Waals surface area contributed by atoms with Crippen LogP contribution in [0.2, 0.25) is 0 Å². The van der Waals surface area contributed by atoms with E-state index in [1.54, 1.807) is 0 Å². The molecule has 0 heterocycles. The van der Waals surface area contributed by atoms with Crippen LogP contribution in [-0.2, 0) is 0 Å². The van der Waals surface area contributed by atoms with Crippen LogP contribution in [0.5, 0.6) is 0 Å². The SMILES string of the molecule is Br.Br.[CaH2].[NaH]. The zero-order chi connectivity index (χ0) is 0. The van der Waals surface area contributed by atoms with Gasteiger partial charge in [-0.3, -0.25) is 0 Å². The fourth-order valence-corrected chi connectivity index (χ4v) is 0. The number of hydrogen-bond acceptors (Lipinski definition) is 0. The number of halogens is 2. The molecule has 0 aromatic heterocycles. The molecule has 0 rings (SSSR count). The Morgan fingerprint density at radius 1 is 0.750 bits per heavy atom. The van der Waals surface area contributed by atoms with E-state index in [0.29, 0.717) is 0 Å². The average molecular weight is 228 g/mol. The number of hydrogen-bond donors (Lipinski definition) is 0. The van der Waals surface area contributed by atoms with Crippen LogP contribution >= 0.6 is 34.0 Å². The van der Waals surface area contributed by atoms with E-state index in [0.717, 1.165) is 0 Å². The van der Waals surface area contributed by atoms with Gasteiger partial charge in [-0.1, -0.05) is 0 Å². The van der Waals surface area contributed by atoms with Gasteiger partial charge in [-0.25, -0.2) is 0 Å². The standard InChI is InChI=1S/2BrH.Ca.Na.3H/h2*1H;;;;;. The molecule has 22 valence electrons. The molecule has 0 aliphatic carbocycles. The molecule has 0 amide bonds. The van der Waals surface area contributed by atoms with Gasteiger partial charge in [-0.2, -0.15) is 0 Å². The zero-order valence-electron chi connectivity index (χ0n) is 0.816. The Morgan fingerprint density at radius 3 is 0.750 bits per heavy atom. The Balaban J connectivity index is 0. The van der Waals surface area contributed by atoms with Crippen LogP contribution in [0.25, 0.3) is 0 Å². The van der Waals surface area contributed by atoms with E-state index in [2.05, 4.69) is 0 Å². The van der Waals surface area contributed by atoms with E-state index in [1.165, 1.54) is 0 Å². The molecule has 4 heteroatoms. The van der Waals surface area contributed by atoms with Crippen LogP contribution in [0.3, 0.4) is 0 Å². The molecule has 0 radical (unpaired) electrons. The quantitative estimate of drug-likeness (QED) is 0.494. The molecule has 0 aromatic rings. The van der Waals surface area contributed by atoms with Gasteiger partial charge in [0.1, 0.15) is 0 Å². The van der Waals surface area contributed by atoms with Gasteiger partial charge in [0.2, 0.25) is 0 Å². The van der Waals surface area contributed by atoms with Crippen molar-refractivity contribution < 1.29 is 0 Å². The molecular weight excluding hydrogens is 223 g/mol. The topological polar surface area (TPSA) is 0 Å². The molecular formula is H5Br2CaNa. The van der Waals surface area contributed by atoms with Crippen LogP contribution in [0, 0.1) is 0 Å². The predicted octanol–water partition coefficient (Wildman–Crippen LogP) is -0.409. The second-order valence-corrected chi connectivity index (χ2v) is 0. The fourth-order valence-electron chi connectivity index (χ4n) is 0. The molecule has 0 unspecified atom stereocenters. The first-order valence-electron chi connectivity index (χ1n) is 0. The van der Waals surface area contributed by atoms with Crippen molar-refractivity contribution >= 4 is 101 Å². The molecule has 0 N–H and O–H groups in total. The summed E-state index contributed by atoms with van der Waals surface area (Å²) in [4.78, 5) is 0. The maximum absolute atomic E-state index is 0. The minimum atomic E-state index is 0. The first kappa shape index (κ1) is 26.9. The Hall–Kier alpha value is 3.22. The van der Waals surface area contributed by atoms with Crippen molar-refractivity contribution in [3.8, 4) is 0 Å². The minimum absolute atomic E-state index is 0. The predicted molar refractivity (Wildman–Crippen MR) is 36.3 cm³/mol. The van der Waals surface area contributed by atoms with Crippen LogP contribution in [0.4, 0.5) is 0 Å². The fraction of sp³-hybridized carbons (Fsp3) is 0. The van der Waals surface area contributed by atoms with E-state index in [9.17, 15) is 0 Å². The molecule has 0 saturated heterocycles. The van der Waals surface area contributed by atoms with Crippen molar-refractivity contribution in [2.75, 3.05) is 0 Å². The van der Waals surface area contributed by atoms with Crippen molar-refractivity contribution in [2.24, 2.45) is 0 Å². The third-order valence-corrected chi connectivity index (χ3v) is 0. The monoisotopic (exact) mass is 226 g/mol. The Labute approximate surface area is 98.9 Å². The summed E-state index contributed by atoms with van der Waals surface area (Å²) in [5.41, 5.74) is 0. The molecule has 0 nitrogen and oxygen atoms in total. The van der Waals surface area contributed by atoms with E-state index in [-0.39, 0.29) is 101 Å². The summed E-state index contributed by atoms with van der Waals surface area (Å²) in [6.45, 7) is 0. The second kappa shape index (κ2) is 16.3. The van der Waals surface area contributed by atoms with Crippen molar-refractivity contribution in [1.29, 1.82) is 0 Å². The zero-order valence-corrected chi connectivity index (χ0v) is 4.24. The normalized spacial score (nSPS) is 0. The van der Waals surface area contributed by atoms with Crippen LogP contribution < -0.4 is 0 Å². The summed E-state index contributed by atoms with van der Waals surface area (Å²) >= 11 is 0. The second-order valence-electron chi connectivity index (χ2n) is 0. The first-order valence-corrected chi connectivity index (χ1v) is 0. The van der Waals surface area contributed by atoms with Gasteiger partial charge in [0.15, 0.2) is 0 Å². The Morgan fingerprint density at radius 2 is 0.750 bits per heavy atom. The van der Waals surface area contributed by atoms with Crippen LogP contribution in [0.1, 0.15) is 0 Å². The van der Waals surface area contributed by atoms with Crippen molar-refractivity contribution in [3.05, 3.63) is 0 Å². The molecule has 0 atom stereocenters. The third kappa shape index (κ3) is 8.97. The molecule has 0 saturated carbocycles. The molecule has 0 aliphatic rings. The van der Waals surface area contributed by atoms with Gasteiger partial charge in [0.25, 0.3) is 0 Å². The van der Waals surface area contributed by atoms with E-state index in [1.807, 2.05) is 0 Å². The first-order chi connectivity index (χ1) is 0. The Bertz CT molecular complexity index is 6.00. The third-order valence-electron chi connectivity index (χ3n) is 0. The molecule has 4 heavy (non-hydrogen) atoms. The summed E-state index contributed by atoms with van der Waals surface area (Å²) < 4.78 is 0. The summed E-state index contributed by atoms with van der Waals surface area (Å²) in [5.74, 6) is 0. The van der Waals surface area contributed by atoms with Crippen molar-refractivity contribution in [1.82, 2.24) is 0 Å². The molecule has 0 aliphatic heterocycles. The van der Waals surface area contributed by atoms with Gasteiger partial charge < -0.3 is 0 Å².